The van der Waals surface area contributed by atoms with Gasteiger partial charge in [-0.1, -0.05) is 23.7 Å². The van der Waals surface area contributed by atoms with E-state index in [1.54, 1.807) is 50.4 Å². The van der Waals surface area contributed by atoms with Crippen LogP contribution in [0.4, 0.5) is 17.3 Å². The molecule has 0 fully saturated rings. The Morgan fingerprint density at radius 2 is 1.45 bits per heavy atom. The Bertz CT molecular complexity index is 1390. The van der Waals surface area contributed by atoms with Crippen molar-refractivity contribution in [1.82, 2.24) is 9.97 Å². The Morgan fingerprint density at radius 1 is 0.879 bits per heavy atom. The number of sulfonamides is 1. The molecule has 8 nitrogen and oxygen atoms in total. The lowest BCUT2D eigenvalue weighted by molar-refractivity contribution is 0.394. The molecular weight excluding hydrogens is 464 g/mol. The van der Waals surface area contributed by atoms with Gasteiger partial charge in [-0.15, -0.1) is 0 Å². The van der Waals surface area contributed by atoms with Crippen molar-refractivity contribution >= 4 is 50.0 Å². The zero-order valence-electron chi connectivity index (χ0n) is 18.1. The molecule has 1 aromatic heterocycles. The highest BCUT2D eigenvalue weighted by molar-refractivity contribution is 7.92. The summed E-state index contributed by atoms with van der Waals surface area (Å²) in [6.07, 6.45) is 0. The van der Waals surface area contributed by atoms with E-state index in [4.69, 9.17) is 21.1 Å². The molecule has 0 aliphatic rings. The summed E-state index contributed by atoms with van der Waals surface area (Å²) in [5.41, 5.74) is 1.83. The van der Waals surface area contributed by atoms with Crippen molar-refractivity contribution in [2.75, 3.05) is 30.9 Å². The van der Waals surface area contributed by atoms with Crippen LogP contribution in [0.15, 0.2) is 71.6 Å². The van der Waals surface area contributed by atoms with Gasteiger partial charge >= 0.3 is 0 Å². The lowest BCUT2D eigenvalue weighted by Gasteiger charge is -2.23. The highest BCUT2D eigenvalue weighted by Gasteiger charge is 2.22. The van der Waals surface area contributed by atoms with Crippen LogP contribution >= 0.6 is 11.6 Å². The van der Waals surface area contributed by atoms with Crippen molar-refractivity contribution in [3.8, 4) is 11.5 Å². The first-order valence-electron chi connectivity index (χ1n) is 9.82. The smallest absolute Gasteiger partial charge is 0.263 e. The molecule has 3 aromatic carbocycles. The zero-order chi connectivity index (χ0) is 23.6. The van der Waals surface area contributed by atoms with Crippen molar-refractivity contribution in [2.45, 2.75) is 4.90 Å². The van der Waals surface area contributed by atoms with Crippen LogP contribution in [0.2, 0.25) is 5.02 Å². The van der Waals surface area contributed by atoms with Gasteiger partial charge in [0.1, 0.15) is 11.5 Å². The largest absolute Gasteiger partial charge is 0.497 e. The molecular formula is C23H21ClN4O4S. The number of hydrogen-bond acceptors (Lipinski definition) is 7. The topological polar surface area (TPSA) is 93.7 Å². The number of aromatic nitrogens is 2. The third-order valence-electron chi connectivity index (χ3n) is 4.95. The predicted octanol–water partition coefficient (Wildman–Crippen LogP) is 4.87. The number of anilines is 3. The number of halogens is 1. The Kier molecular flexibility index (Phi) is 6.26. The summed E-state index contributed by atoms with van der Waals surface area (Å²) in [5, 5.41) is 0.437. The highest BCUT2D eigenvalue weighted by atomic mass is 35.5. The molecule has 0 aliphatic carbocycles. The van der Waals surface area contributed by atoms with Gasteiger partial charge < -0.3 is 14.4 Å². The average Bonchev–Trinajstić information content (AvgIpc) is 2.82. The fraction of sp³-hybridized carbons (Fsp3) is 0.130. The Morgan fingerprint density at radius 3 is 2.03 bits per heavy atom. The molecule has 0 amide bonds. The molecule has 4 aromatic rings. The maximum atomic E-state index is 13.1. The summed E-state index contributed by atoms with van der Waals surface area (Å²) < 4.78 is 39.5. The second-order valence-electron chi connectivity index (χ2n) is 7.07. The number of fused-ring (bicyclic) bond motifs is 1. The third kappa shape index (κ3) is 4.79. The van der Waals surface area contributed by atoms with E-state index in [1.165, 1.54) is 24.3 Å². The fourth-order valence-electron chi connectivity index (χ4n) is 3.20. The normalized spacial score (nSPS) is 11.3. The maximum Gasteiger partial charge on any atom is 0.263 e. The lowest BCUT2D eigenvalue weighted by Crippen LogP contribution is -2.19. The van der Waals surface area contributed by atoms with Crippen molar-refractivity contribution < 1.29 is 17.9 Å². The van der Waals surface area contributed by atoms with Gasteiger partial charge in [0.15, 0.2) is 11.6 Å². The Hall–Kier alpha value is -3.56. The molecule has 0 bridgehead atoms. The van der Waals surface area contributed by atoms with Crippen molar-refractivity contribution in [1.29, 1.82) is 0 Å². The van der Waals surface area contributed by atoms with Gasteiger partial charge in [-0.3, -0.25) is 4.72 Å². The molecule has 0 atom stereocenters. The molecule has 1 N–H and O–H groups in total. The van der Waals surface area contributed by atoms with Crippen LogP contribution in [0.25, 0.3) is 11.0 Å². The second-order valence-corrected chi connectivity index (χ2v) is 9.19. The first-order chi connectivity index (χ1) is 15.8. The molecule has 0 saturated heterocycles. The maximum absolute atomic E-state index is 13.1. The molecule has 33 heavy (non-hydrogen) atoms. The summed E-state index contributed by atoms with van der Waals surface area (Å²) in [6, 6.07) is 18.4. The quantitative estimate of drug-likeness (QED) is 0.400. The molecule has 0 radical (unpaired) electrons. The van der Waals surface area contributed by atoms with Crippen molar-refractivity contribution in [3.05, 3.63) is 71.8 Å². The number of hydrogen-bond donors (Lipinski definition) is 1. The molecule has 0 saturated carbocycles. The minimum Gasteiger partial charge on any atom is -0.497 e. The van der Waals surface area contributed by atoms with Gasteiger partial charge in [0.25, 0.3) is 10.0 Å². The van der Waals surface area contributed by atoms with E-state index in [2.05, 4.69) is 14.7 Å². The monoisotopic (exact) mass is 484 g/mol. The second kappa shape index (κ2) is 9.13. The molecule has 1 heterocycles. The van der Waals surface area contributed by atoms with Gasteiger partial charge in [0.05, 0.1) is 30.1 Å². The average molecular weight is 485 g/mol. The SMILES string of the molecule is COc1cc(OC)cc(N(C)c2nc3ccccc3nc2NS(=O)(=O)c2ccc(Cl)cc2)c1. The molecule has 0 aliphatic heterocycles. The number of methoxy groups -OCH3 is 2. The number of benzene rings is 3. The number of rotatable bonds is 7. The standard InChI is InChI=1S/C23H21ClN4O4S/c1-28(16-12-17(31-2)14-18(13-16)32-3)23-22(25-20-6-4-5-7-21(20)26-23)27-33(29,30)19-10-8-15(24)9-11-19/h4-14H,1-3H3,(H,25,27). The number of nitrogens with zero attached hydrogens (tertiary/aromatic N) is 3. The van der Waals surface area contributed by atoms with Crippen LogP contribution in [0.1, 0.15) is 0 Å². The first-order valence-corrected chi connectivity index (χ1v) is 11.7. The van der Waals surface area contributed by atoms with Crippen LogP contribution < -0.4 is 19.1 Å². The summed E-state index contributed by atoms with van der Waals surface area (Å²) in [5.74, 6) is 1.54. The van der Waals surface area contributed by atoms with Gasteiger partial charge in [0, 0.05) is 36.0 Å². The number of ether oxygens (including phenoxy) is 2. The minimum atomic E-state index is -3.95. The van der Waals surface area contributed by atoms with E-state index in [-0.39, 0.29) is 10.7 Å². The molecule has 10 heteroatoms. The van der Waals surface area contributed by atoms with E-state index >= 15 is 0 Å². The Balaban J connectivity index is 1.84. The molecule has 4 rings (SSSR count). The minimum absolute atomic E-state index is 0.0542. The highest BCUT2D eigenvalue weighted by Crippen LogP contribution is 2.35. The van der Waals surface area contributed by atoms with E-state index in [0.29, 0.717) is 39.1 Å². The molecule has 0 spiro atoms. The van der Waals surface area contributed by atoms with Crippen LogP contribution in [-0.4, -0.2) is 39.7 Å². The summed E-state index contributed by atoms with van der Waals surface area (Å²) in [7, 11) is 0.918. The van der Waals surface area contributed by atoms with E-state index in [9.17, 15) is 8.42 Å². The summed E-state index contributed by atoms with van der Waals surface area (Å²) >= 11 is 5.91. The zero-order valence-corrected chi connectivity index (χ0v) is 19.7. The van der Waals surface area contributed by atoms with Crippen LogP contribution in [-0.2, 0) is 10.0 Å². The van der Waals surface area contributed by atoms with Gasteiger partial charge in [-0.05, 0) is 36.4 Å². The summed E-state index contributed by atoms with van der Waals surface area (Å²) in [4.78, 5) is 11.0. The molecule has 0 unspecified atom stereocenters. The molecule has 170 valence electrons. The predicted molar refractivity (Wildman–Crippen MR) is 129 cm³/mol. The van der Waals surface area contributed by atoms with Gasteiger partial charge in [-0.2, -0.15) is 0 Å². The van der Waals surface area contributed by atoms with Crippen LogP contribution in [0.5, 0.6) is 11.5 Å². The van der Waals surface area contributed by atoms with Gasteiger partial charge in [-0.25, -0.2) is 18.4 Å². The number of para-hydroxylation sites is 2. The summed E-state index contributed by atoms with van der Waals surface area (Å²) in [6.45, 7) is 0. The fourth-order valence-corrected chi connectivity index (χ4v) is 4.33. The Labute approximate surface area is 196 Å². The number of nitrogens with one attached hydrogen (secondary N) is 1. The van der Waals surface area contributed by atoms with E-state index < -0.39 is 10.0 Å². The van der Waals surface area contributed by atoms with E-state index in [0.717, 1.165) is 0 Å². The van der Waals surface area contributed by atoms with Crippen molar-refractivity contribution in [2.24, 2.45) is 0 Å². The van der Waals surface area contributed by atoms with Gasteiger partial charge in [0.2, 0.25) is 0 Å². The third-order valence-corrected chi connectivity index (χ3v) is 6.56. The van der Waals surface area contributed by atoms with Crippen LogP contribution in [0, 0.1) is 0 Å². The van der Waals surface area contributed by atoms with Crippen molar-refractivity contribution in [3.63, 3.8) is 0 Å². The first kappa shape index (κ1) is 22.6. The lowest BCUT2D eigenvalue weighted by atomic mass is 10.2. The van der Waals surface area contributed by atoms with E-state index in [1.807, 2.05) is 18.2 Å². The van der Waals surface area contributed by atoms with Crippen LogP contribution in [0.3, 0.4) is 0 Å².